The van der Waals surface area contributed by atoms with Crippen molar-refractivity contribution < 1.29 is 20.7 Å². The molecule has 118 valence electrons. The van der Waals surface area contributed by atoms with Gasteiger partial charge in [-0.05, 0) is 24.1 Å². The van der Waals surface area contributed by atoms with Crippen molar-refractivity contribution in [2.24, 2.45) is 0 Å². The molecule has 21 heavy (non-hydrogen) atoms. The van der Waals surface area contributed by atoms with E-state index in [1.807, 2.05) is 26.0 Å². The van der Waals surface area contributed by atoms with Crippen LogP contribution < -0.4 is 10.1 Å². The summed E-state index contributed by atoms with van der Waals surface area (Å²) in [5.74, 6) is 0.342. The zero-order chi connectivity index (χ0) is 16.6. The summed E-state index contributed by atoms with van der Waals surface area (Å²) in [6, 6.07) is 7.43. The molecule has 1 aromatic rings. The van der Waals surface area contributed by atoms with Gasteiger partial charge in [0.2, 0.25) is 0 Å². The van der Waals surface area contributed by atoms with E-state index in [9.17, 15) is 9.90 Å². The zero-order valence-electron chi connectivity index (χ0n) is 13.9. The second kappa shape index (κ2) is 9.37. The van der Waals surface area contributed by atoms with Gasteiger partial charge in [-0.25, -0.2) is 0 Å². The number of hydrogen-bond donors (Lipinski definition) is 2. The number of methoxy groups -OCH3 is 1. The van der Waals surface area contributed by atoms with Crippen LogP contribution in [0, 0.1) is 0 Å². The molecule has 0 saturated heterocycles. The third kappa shape index (κ3) is 7.68. The van der Waals surface area contributed by atoms with Gasteiger partial charge in [-0.15, -0.1) is 0 Å². The number of ether oxygens (including phenoxy) is 2. The van der Waals surface area contributed by atoms with Crippen molar-refractivity contribution in [2.45, 2.75) is 38.8 Å². The molecule has 0 aromatic heterocycles. The molecule has 1 rings (SSSR count). The standard InChI is InChI=1S/C16H25NO4/c1-12(2)17-10-14(18)11-21-15-7-4-13(5-8-15)6-9-16(19)20-3/h4-5,7-8,12,14,17-18H,6,9-11H2,1-3H3/i14D. The van der Waals surface area contributed by atoms with Gasteiger partial charge in [0.05, 0.1) is 8.48 Å². The number of benzene rings is 1. The van der Waals surface area contributed by atoms with Gasteiger partial charge in [0.15, 0.2) is 0 Å². The van der Waals surface area contributed by atoms with Gasteiger partial charge < -0.3 is 19.9 Å². The van der Waals surface area contributed by atoms with Crippen molar-refractivity contribution in [1.29, 1.82) is 0 Å². The van der Waals surface area contributed by atoms with Gasteiger partial charge >= 0.3 is 5.97 Å². The number of hydrogen-bond acceptors (Lipinski definition) is 5. The lowest BCUT2D eigenvalue weighted by molar-refractivity contribution is -0.140. The molecule has 2 N–H and O–H groups in total. The van der Waals surface area contributed by atoms with Crippen LogP contribution in [0.25, 0.3) is 0 Å². The van der Waals surface area contributed by atoms with Gasteiger partial charge in [0.1, 0.15) is 18.4 Å². The summed E-state index contributed by atoms with van der Waals surface area (Å²) < 4.78 is 17.8. The number of esters is 1. The van der Waals surface area contributed by atoms with E-state index in [0.717, 1.165) is 5.56 Å². The van der Waals surface area contributed by atoms with Crippen molar-refractivity contribution in [3.63, 3.8) is 0 Å². The first kappa shape index (κ1) is 15.8. The molecule has 0 aliphatic heterocycles. The van der Waals surface area contributed by atoms with E-state index in [-0.39, 0.29) is 25.2 Å². The molecule has 0 fully saturated rings. The summed E-state index contributed by atoms with van der Waals surface area (Å²) in [6.07, 6.45) is -0.731. The average Bonchev–Trinajstić information content (AvgIpc) is 2.50. The zero-order valence-corrected chi connectivity index (χ0v) is 12.9. The molecule has 0 radical (unpaired) electrons. The van der Waals surface area contributed by atoms with Crippen LogP contribution in [0.5, 0.6) is 5.75 Å². The number of aryl methyl sites for hydroxylation is 1. The molecule has 1 unspecified atom stereocenters. The van der Waals surface area contributed by atoms with E-state index in [1.165, 1.54) is 7.11 Å². The van der Waals surface area contributed by atoms with Crippen molar-refractivity contribution in [3.8, 4) is 5.75 Å². The molecular weight excluding hydrogens is 270 g/mol. The maximum absolute atomic E-state index is 11.1. The Morgan fingerprint density at radius 3 is 2.62 bits per heavy atom. The molecule has 0 aliphatic carbocycles. The van der Waals surface area contributed by atoms with E-state index in [2.05, 4.69) is 10.1 Å². The summed E-state index contributed by atoms with van der Waals surface area (Å²) >= 11 is 0. The Labute approximate surface area is 127 Å². The van der Waals surface area contributed by atoms with E-state index in [4.69, 9.17) is 6.11 Å². The first-order valence-electron chi connectivity index (χ1n) is 7.57. The van der Waals surface area contributed by atoms with Gasteiger partial charge in [0.25, 0.3) is 0 Å². The molecule has 0 saturated carbocycles. The first-order valence-corrected chi connectivity index (χ1v) is 7.07. The Morgan fingerprint density at radius 2 is 2.05 bits per heavy atom. The lowest BCUT2D eigenvalue weighted by Gasteiger charge is -2.15. The monoisotopic (exact) mass is 296 g/mol. The van der Waals surface area contributed by atoms with Gasteiger partial charge in [-0.1, -0.05) is 26.0 Å². The first-order chi connectivity index (χ1) is 10.3. The minimum Gasteiger partial charge on any atom is -0.491 e. The predicted octanol–water partition coefficient (Wildman–Crippen LogP) is 1.53. The van der Waals surface area contributed by atoms with E-state index in [1.54, 1.807) is 12.1 Å². The fourth-order valence-electron chi connectivity index (χ4n) is 1.64. The van der Waals surface area contributed by atoms with Gasteiger partial charge in [-0.3, -0.25) is 4.79 Å². The lowest BCUT2D eigenvalue weighted by atomic mass is 10.1. The molecule has 5 heteroatoms. The summed E-state index contributed by atoms with van der Waals surface area (Å²) in [7, 11) is 1.37. The average molecular weight is 296 g/mol. The Bertz CT molecular complexity index is 460. The normalized spacial score (nSPS) is 14.4. The van der Waals surface area contributed by atoms with Crippen molar-refractivity contribution >= 4 is 5.97 Å². The van der Waals surface area contributed by atoms with Crippen LogP contribution in [0.4, 0.5) is 0 Å². The van der Waals surface area contributed by atoms with Crippen LogP contribution in [0.15, 0.2) is 24.3 Å². The molecule has 0 aliphatic rings. The van der Waals surface area contributed by atoms with Crippen LogP contribution in [0.1, 0.15) is 27.2 Å². The second-order valence-corrected chi connectivity index (χ2v) is 5.11. The number of aliphatic hydroxyl groups is 1. The summed E-state index contributed by atoms with van der Waals surface area (Å²) in [4.78, 5) is 11.1. The quantitative estimate of drug-likeness (QED) is 0.676. The van der Waals surface area contributed by atoms with E-state index >= 15 is 0 Å². The smallest absolute Gasteiger partial charge is 0.305 e. The SMILES string of the molecule is [2H]C(O)(CNC(C)C)COc1ccc(CCC(=O)OC)cc1. The summed E-state index contributed by atoms with van der Waals surface area (Å²) in [6.45, 7) is 3.92. The minimum absolute atomic E-state index is 0.117. The predicted molar refractivity (Wildman–Crippen MR) is 81.4 cm³/mol. The molecule has 0 amide bonds. The third-order valence-corrected chi connectivity index (χ3v) is 2.89. The lowest BCUT2D eigenvalue weighted by Crippen LogP contribution is -2.35. The largest absolute Gasteiger partial charge is 0.491 e. The van der Waals surface area contributed by atoms with Crippen LogP contribution >= 0.6 is 0 Å². The third-order valence-electron chi connectivity index (χ3n) is 2.89. The van der Waals surface area contributed by atoms with Crippen LogP contribution in [0.3, 0.4) is 0 Å². The summed E-state index contributed by atoms with van der Waals surface area (Å²) in [5, 5.41) is 12.9. The van der Waals surface area contributed by atoms with Crippen molar-refractivity contribution in [2.75, 3.05) is 20.3 Å². The maximum Gasteiger partial charge on any atom is 0.305 e. The molecule has 0 spiro atoms. The number of nitrogens with one attached hydrogen (secondary N) is 1. The summed E-state index contributed by atoms with van der Waals surface area (Å²) in [5.41, 5.74) is 1.00. The highest BCUT2D eigenvalue weighted by Gasteiger charge is 2.06. The number of carbonyl (C=O) groups excluding carboxylic acids is 1. The number of carbonyl (C=O) groups is 1. The molecule has 5 nitrogen and oxygen atoms in total. The van der Waals surface area contributed by atoms with E-state index in [0.29, 0.717) is 18.6 Å². The second-order valence-electron chi connectivity index (χ2n) is 5.11. The van der Waals surface area contributed by atoms with Crippen LogP contribution in [-0.4, -0.2) is 43.5 Å². The highest BCUT2D eigenvalue weighted by atomic mass is 16.5. The topological polar surface area (TPSA) is 67.8 Å². The Morgan fingerprint density at radius 1 is 1.38 bits per heavy atom. The molecular formula is C16H25NO4. The maximum atomic E-state index is 11.1. The Hall–Kier alpha value is -1.59. The van der Waals surface area contributed by atoms with Crippen LogP contribution in [0.2, 0.25) is 0 Å². The molecule has 0 heterocycles. The van der Waals surface area contributed by atoms with Crippen LogP contribution in [-0.2, 0) is 16.0 Å². The highest BCUT2D eigenvalue weighted by molar-refractivity contribution is 5.69. The molecule has 0 bridgehead atoms. The molecule has 1 atom stereocenters. The van der Waals surface area contributed by atoms with Gasteiger partial charge in [-0.2, -0.15) is 0 Å². The van der Waals surface area contributed by atoms with Crippen molar-refractivity contribution in [3.05, 3.63) is 29.8 Å². The van der Waals surface area contributed by atoms with Crippen molar-refractivity contribution in [1.82, 2.24) is 5.32 Å². The minimum atomic E-state index is -1.67. The fourth-order valence-corrected chi connectivity index (χ4v) is 1.64. The number of rotatable bonds is 9. The Balaban J connectivity index is 2.42. The molecule has 1 aromatic carbocycles. The Kier molecular flexibility index (Phi) is 7.04. The van der Waals surface area contributed by atoms with E-state index < -0.39 is 6.08 Å². The highest BCUT2D eigenvalue weighted by Crippen LogP contribution is 2.13. The van der Waals surface area contributed by atoms with Gasteiger partial charge in [0, 0.05) is 19.0 Å². The fraction of sp³-hybridized carbons (Fsp3) is 0.562.